The van der Waals surface area contributed by atoms with Crippen molar-refractivity contribution < 1.29 is 9.90 Å². The molecule has 0 bridgehead atoms. The van der Waals surface area contributed by atoms with Crippen LogP contribution in [0.15, 0.2) is 109 Å². The molecule has 224 valence electrons. The lowest BCUT2D eigenvalue weighted by Gasteiger charge is -2.36. The summed E-state index contributed by atoms with van der Waals surface area (Å²) in [5.74, 6) is 0.0240. The molecule has 1 amide bonds. The molecule has 0 aliphatic carbocycles. The molecule has 1 aliphatic rings. The van der Waals surface area contributed by atoms with Crippen molar-refractivity contribution in [2.45, 2.75) is 32.2 Å². The summed E-state index contributed by atoms with van der Waals surface area (Å²) in [5.41, 5.74) is 6.35. The van der Waals surface area contributed by atoms with E-state index in [0.717, 1.165) is 79.8 Å². The van der Waals surface area contributed by atoms with E-state index in [0.29, 0.717) is 11.1 Å². The molecule has 0 spiro atoms. The zero-order valence-electron chi connectivity index (χ0n) is 25.3. The molecule has 2 N–H and O–H groups in total. The molecule has 0 saturated carbocycles. The van der Waals surface area contributed by atoms with E-state index in [2.05, 4.69) is 64.5 Å². The number of nitrogens with one attached hydrogen (secondary N) is 1. The van der Waals surface area contributed by atoms with Crippen LogP contribution in [0.1, 0.15) is 47.3 Å². The first-order valence-electron chi connectivity index (χ1n) is 15.7. The SMILES string of the molecule is CC[C@H](NC(=O)c1c(CCCN2CCN(c3ccccc3)CC2)c(-c2ccccc2)nc2cc(O)ccc12)c1ccccc1. The molecule has 1 aliphatic heterocycles. The molecule has 1 aromatic heterocycles. The summed E-state index contributed by atoms with van der Waals surface area (Å²) in [5, 5.41) is 14.4. The van der Waals surface area contributed by atoms with Gasteiger partial charge in [0, 0.05) is 48.9 Å². The number of pyridine rings is 1. The molecule has 1 fully saturated rings. The fourth-order valence-corrected chi connectivity index (χ4v) is 6.32. The van der Waals surface area contributed by atoms with Gasteiger partial charge in [-0.25, -0.2) is 4.98 Å². The van der Waals surface area contributed by atoms with Gasteiger partial charge in [-0.2, -0.15) is 0 Å². The second-order valence-corrected chi connectivity index (χ2v) is 11.5. The normalized spacial score (nSPS) is 14.4. The number of piperazine rings is 1. The monoisotopic (exact) mass is 584 g/mol. The topological polar surface area (TPSA) is 68.7 Å². The highest BCUT2D eigenvalue weighted by molar-refractivity contribution is 6.09. The van der Waals surface area contributed by atoms with Gasteiger partial charge in [0.25, 0.3) is 5.91 Å². The minimum Gasteiger partial charge on any atom is -0.508 e. The maximum absolute atomic E-state index is 14.3. The molecule has 6 rings (SSSR count). The molecule has 0 radical (unpaired) electrons. The van der Waals surface area contributed by atoms with Gasteiger partial charge in [-0.1, -0.05) is 85.8 Å². The molecule has 4 aromatic carbocycles. The smallest absolute Gasteiger partial charge is 0.252 e. The number of phenols is 1. The number of hydrogen-bond donors (Lipinski definition) is 2. The average molecular weight is 585 g/mol. The molecule has 2 heterocycles. The van der Waals surface area contributed by atoms with Crippen molar-refractivity contribution in [2.75, 3.05) is 37.6 Å². The summed E-state index contributed by atoms with van der Waals surface area (Å²) in [6.45, 7) is 7.08. The number of phenolic OH excluding ortho intramolecular Hbond substituents is 1. The lowest BCUT2D eigenvalue weighted by atomic mass is 9.92. The Labute approximate surface area is 260 Å². The number of amides is 1. The standard InChI is InChI=1S/C38H40N4O2/c1-2-34(28-13-6-3-7-14-28)40-38(44)36-32-21-20-31(43)27-35(32)39-37(29-15-8-4-9-16-29)33(36)19-12-22-41-23-25-42(26-24-41)30-17-10-5-11-18-30/h3-11,13-18,20-21,27,34,43H,2,12,19,22-26H2,1H3,(H,40,44)/t34-/m0/s1. The molecule has 0 unspecified atom stereocenters. The highest BCUT2D eigenvalue weighted by Gasteiger charge is 2.24. The number of hydrogen-bond acceptors (Lipinski definition) is 5. The molecule has 6 heteroatoms. The summed E-state index contributed by atoms with van der Waals surface area (Å²) >= 11 is 0. The summed E-state index contributed by atoms with van der Waals surface area (Å²) in [7, 11) is 0. The number of nitrogens with zero attached hydrogens (tertiary/aromatic N) is 3. The van der Waals surface area contributed by atoms with Gasteiger partial charge >= 0.3 is 0 Å². The largest absolute Gasteiger partial charge is 0.508 e. The average Bonchev–Trinajstić information content (AvgIpc) is 3.08. The van der Waals surface area contributed by atoms with E-state index in [-0.39, 0.29) is 17.7 Å². The van der Waals surface area contributed by atoms with E-state index in [1.807, 2.05) is 54.6 Å². The van der Waals surface area contributed by atoms with E-state index in [1.165, 1.54) is 5.69 Å². The Balaban J connectivity index is 1.30. The maximum atomic E-state index is 14.3. The van der Waals surface area contributed by atoms with E-state index in [1.54, 1.807) is 12.1 Å². The van der Waals surface area contributed by atoms with Crippen LogP contribution in [0, 0.1) is 0 Å². The Hall–Kier alpha value is -4.68. The highest BCUT2D eigenvalue weighted by atomic mass is 16.3. The predicted molar refractivity (Wildman–Crippen MR) is 179 cm³/mol. The van der Waals surface area contributed by atoms with Crippen molar-refractivity contribution in [3.05, 3.63) is 126 Å². The van der Waals surface area contributed by atoms with E-state index in [4.69, 9.17) is 4.98 Å². The predicted octanol–water partition coefficient (Wildman–Crippen LogP) is 7.24. The Morgan fingerprint density at radius 3 is 2.20 bits per heavy atom. The third-order valence-electron chi connectivity index (χ3n) is 8.66. The summed E-state index contributed by atoms with van der Waals surface area (Å²) in [4.78, 5) is 24.3. The quantitative estimate of drug-likeness (QED) is 0.181. The van der Waals surface area contributed by atoms with Crippen molar-refractivity contribution in [3.63, 3.8) is 0 Å². The van der Waals surface area contributed by atoms with Crippen molar-refractivity contribution in [1.29, 1.82) is 0 Å². The van der Waals surface area contributed by atoms with Gasteiger partial charge in [0.15, 0.2) is 0 Å². The lowest BCUT2D eigenvalue weighted by molar-refractivity contribution is 0.0936. The summed E-state index contributed by atoms with van der Waals surface area (Å²) in [6.07, 6.45) is 2.40. The number of rotatable bonds is 10. The lowest BCUT2D eigenvalue weighted by Crippen LogP contribution is -2.46. The minimum atomic E-state index is -0.113. The van der Waals surface area contributed by atoms with Crippen LogP contribution in [0.5, 0.6) is 5.75 Å². The number of aromatic nitrogens is 1. The van der Waals surface area contributed by atoms with Gasteiger partial charge in [0.05, 0.1) is 22.8 Å². The van der Waals surface area contributed by atoms with Crippen LogP contribution < -0.4 is 10.2 Å². The minimum absolute atomic E-state index is 0.109. The number of carbonyl (C=O) groups excluding carboxylic acids is 1. The Kier molecular flexibility index (Phi) is 9.18. The van der Waals surface area contributed by atoms with E-state index >= 15 is 0 Å². The Morgan fingerprint density at radius 2 is 1.52 bits per heavy atom. The van der Waals surface area contributed by atoms with Gasteiger partial charge in [-0.3, -0.25) is 9.69 Å². The van der Waals surface area contributed by atoms with Crippen LogP contribution in [0.3, 0.4) is 0 Å². The van der Waals surface area contributed by atoms with E-state index in [9.17, 15) is 9.90 Å². The number of aromatic hydroxyl groups is 1. The molecule has 6 nitrogen and oxygen atoms in total. The van der Waals surface area contributed by atoms with Crippen molar-refractivity contribution >= 4 is 22.5 Å². The number of anilines is 1. The number of carbonyl (C=O) groups is 1. The molecule has 44 heavy (non-hydrogen) atoms. The summed E-state index contributed by atoms with van der Waals surface area (Å²) < 4.78 is 0. The van der Waals surface area contributed by atoms with Gasteiger partial charge in [0.1, 0.15) is 5.75 Å². The zero-order chi connectivity index (χ0) is 30.3. The number of para-hydroxylation sites is 1. The van der Waals surface area contributed by atoms with E-state index < -0.39 is 0 Å². The Morgan fingerprint density at radius 1 is 0.864 bits per heavy atom. The molecular weight excluding hydrogens is 544 g/mol. The van der Waals surface area contributed by atoms with Crippen LogP contribution in [0.25, 0.3) is 22.2 Å². The third-order valence-corrected chi connectivity index (χ3v) is 8.66. The van der Waals surface area contributed by atoms with Gasteiger partial charge in [0.2, 0.25) is 0 Å². The van der Waals surface area contributed by atoms with Crippen LogP contribution in [-0.4, -0.2) is 53.6 Å². The van der Waals surface area contributed by atoms with Crippen molar-refractivity contribution in [3.8, 4) is 17.0 Å². The van der Waals surface area contributed by atoms with Gasteiger partial charge in [-0.15, -0.1) is 0 Å². The second-order valence-electron chi connectivity index (χ2n) is 11.5. The molecule has 5 aromatic rings. The third kappa shape index (κ3) is 6.61. The van der Waals surface area contributed by atoms with Crippen LogP contribution in [0.2, 0.25) is 0 Å². The van der Waals surface area contributed by atoms with Crippen LogP contribution in [0.4, 0.5) is 5.69 Å². The first-order chi connectivity index (χ1) is 21.6. The molecule has 1 atom stereocenters. The Bertz CT molecular complexity index is 1680. The first kappa shape index (κ1) is 29.4. The number of benzene rings is 4. The fraction of sp³-hybridized carbons (Fsp3) is 0.263. The second kappa shape index (κ2) is 13.7. The van der Waals surface area contributed by atoms with Crippen molar-refractivity contribution in [2.24, 2.45) is 0 Å². The van der Waals surface area contributed by atoms with Crippen molar-refractivity contribution in [1.82, 2.24) is 15.2 Å². The fourth-order valence-electron chi connectivity index (χ4n) is 6.32. The molecule has 1 saturated heterocycles. The van der Waals surface area contributed by atoms with Gasteiger partial charge < -0.3 is 15.3 Å². The molecular formula is C38H40N4O2. The number of fused-ring (bicyclic) bond motifs is 1. The maximum Gasteiger partial charge on any atom is 0.252 e. The van der Waals surface area contributed by atoms with Crippen LogP contribution >= 0.6 is 0 Å². The first-order valence-corrected chi connectivity index (χ1v) is 15.7. The summed E-state index contributed by atoms with van der Waals surface area (Å²) in [6, 6.07) is 35.9. The highest BCUT2D eigenvalue weighted by Crippen LogP contribution is 2.33. The zero-order valence-corrected chi connectivity index (χ0v) is 25.3. The van der Waals surface area contributed by atoms with Gasteiger partial charge in [-0.05, 0) is 61.2 Å². The van der Waals surface area contributed by atoms with Crippen LogP contribution in [-0.2, 0) is 6.42 Å².